The predicted molar refractivity (Wildman–Crippen MR) is 92.3 cm³/mol. The second-order valence-electron chi connectivity index (χ2n) is 8.12. The maximum atomic E-state index is 12.0. The third kappa shape index (κ3) is 6.55. The van der Waals surface area contributed by atoms with Crippen molar-refractivity contribution in [3.63, 3.8) is 0 Å². The molecule has 1 aliphatic heterocycles. The van der Waals surface area contributed by atoms with E-state index in [4.69, 9.17) is 9.39 Å². The molecule has 1 N–H and O–H groups in total. The maximum absolute atomic E-state index is 12.0. The summed E-state index contributed by atoms with van der Waals surface area (Å²) in [5.41, 5.74) is -0.822. The topological polar surface area (TPSA) is 59.0 Å². The van der Waals surface area contributed by atoms with Gasteiger partial charge in [0.25, 0.3) is 0 Å². The molecule has 5 nitrogen and oxygen atoms in total. The molecule has 1 rings (SSSR count). The zero-order valence-electron chi connectivity index (χ0n) is 15.6. The lowest BCUT2D eigenvalue weighted by Crippen LogP contribution is -2.47. The number of amides is 1. The quantitative estimate of drug-likeness (QED) is 0.808. The Morgan fingerprint density at radius 1 is 1.13 bits per heavy atom. The van der Waals surface area contributed by atoms with E-state index >= 15 is 0 Å². The van der Waals surface area contributed by atoms with Crippen molar-refractivity contribution in [1.29, 1.82) is 0 Å². The van der Waals surface area contributed by atoms with Gasteiger partial charge in [0.05, 0.1) is 11.2 Å². The highest BCUT2D eigenvalue weighted by Crippen LogP contribution is 2.25. The molecule has 1 aliphatic rings. The number of nitrogens with zero attached hydrogens (tertiary/aromatic N) is 1. The average Bonchev–Trinajstić information content (AvgIpc) is 2.36. The lowest BCUT2D eigenvalue weighted by Gasteiger charge is -2.37. The fourth-order valence-electron chi connectivity index (χ4n) is 1.91. The Balaban J connectivity index is 2.43. The molecule has 6 heteroatoms. The minimum absolute atomic E-state index is 0.250. The van der Waals surface area contributed by atoms with E-state index in [0.29, 0.717) is 13.1 Å². The lowest BCUT2D eigenvalue weighted by molar-refractivity contribution is -0.0894. The molecule has 23 heavy (non-hydrogen) atoms. The van der Waals surface area contributed by atoms with Gasteiger partial charge < -0.3 is 19.4 Å². The molecule has 0 aromatic heterocycles. The molecule has 0 bridgehead atoms. The number of carbonyl (C=O) groups excluding carboxylic acids is 1. The van der Waals surface area contributed by atoms with Gasteiger partial charge in [0.1, 0.15) is 5.60 Å². The molecule has 0 spiro atoms. The molecule has 1 heterocycles. The minimum atomic E-state index is -0.928. The Morgan fingerprint density at radius 2 is 1.65 bits per heavy atom. The van der Waals surface area contributed by atoms with E-state index in [-0.39, 0.29) is 6.09 Å². The first-order valence-electron chi connectivity index (χ1n) is 8.21. The standard InChI is InChI=1S/C17H31BNO4/c1-15(2,3)22-14(20)19-10-8-13(9-11-19)12-18-23-17(6,7)16(4,5)21/h12,21H,8-11H2,1-7H3. The molecule has 1 fully saturated rings. The minimum Gasteiger partial charge on any atom is -0.444 e. The SMILES string of the molecule is CC(C)(C)OC(=O)N1CCC(=C[B]OC(C)(C)C(C)(C)O)CC1. The van der Waals surface area contributed by atoms with Gasteiger partial charge in [-0.3, -0.25) is 0 Å². The monoisotopic (exact) mass is 324 g/mol. The number of rotatable bonds is 4. The van der Waals surface area contributed by atoms with E-state index in [2.05, 4.69) is 0 Å². The fourth-order valence-corrected chi connectivity index (χ4v) is 1.91. The van der Waals surface area contributed by atoms with Gasteiger partial charge in [-0.1, -0.05) is 11.5 Å². The zero-order valence-corrected chi connectivity index (χ0v) is 15.6. The first kappa shape index (κ1) is 20.0. The van der Waals surface area contributed by atoms with E-state index in [1.165, 1.54) is 5.57 Å². The first-order valence-corrected chi connectivity index (χ1v) is 8.21. The van der Waals surface area contributed by atoms with Crippen LogP contribution in [0.3, 0.4) is 0 Å². The van der Waals surface area contributed by atoms with Gasteiger partial charge in [0, 0.05) is 13.1 Å². The van der Waals surface area contributed by atoms with Crippen LogP contribution in [0.25, 0.3) is 0 Å². The Labute approximate surface area is 141 Å². The van der Waals surface area contributed by atoms with Crippen LogP contribution in [-0.2, 0) is 9.39 Å². The normalized spacial score (nSPS) is 17.0. The summed E-state index contributed by atoms with van der Waals surface area (Å²) in [6.07, 6.45) is 1.37. The van der Waals surface area contributed by atoms with Crippen molar-refractivity contribution in [2.24, 2.45) is 0 Å². The predicted octanol–water partition coefficient (Wildman–Crippen LogP) is 3.09. The van der Waals surface area contributed by atoms with Crippen LogP contribution in [0.2, 0.25) is 0 Å². The van der Waals surface area contributed by atoms with Crippen LogP contribution < -0.4 is 0 Å². The highest BCUT2D eigenvalue weighted by atomic mass is 16.6. The molecule has 0 saturated carbocycles. The van der Waals surface area contributed by atoms with Gasteiger partial charge in [-0.05, 0) is 61.3 Å². The molecule has 0 atom stereocenters. The van der Waals surface area contributed by atoms with Crippen LogP contribution in [0.1, 0.15) is 61.3 Å². The van der Waals surface area contributed by atoms with Crippen LogP contribution in [0.15, 0.2) is 11.5 Å². The first-order chi connectivity index (χ1) is 10.3. The number of piperidine rings is 1. The van der Waals surface area contributed by atoms with E-state index in [0.717, 1.165) is 12.8 Å². The Bertz CT molecular complexity index is 436. The summed E-state index contributed by atoms with van der Waals surface area (Å²) in [7, 11) is 1.65. The van der Waals surface area contributed by atoms with E-state index in [1.54, 1.807) is 26.2 Å². The van der Waals surface area contributed by atoms with Crippen LogP contribution in [0.5, 0.6) is 0 Å². The summed E-state index contributed by atoms with van der Waals surface area (Å²) in [5.74, 6) is 1.94. The molecule has 0 aromatic rings. The average molecular weight is 324 g/mol. The summed E-state index contributed by atoms with van der Waals surface area (Å²) in [4.78, 5) is 13.7. The molecule has 1 saturated heterocycles. The second kappa shape index (κ2) is 7.26. The van der Waals surface area contributed by atoms with Gasteiger partial charge in [-0.2, -0.15) is 0 Å². The highest BCUT2D eigenvalue weighted by Gasteiger charge is 2.35. The van der Waals surface area contributed by atoms with Crippen molar-refractivity contribution in [3.8, 4) is 0 Å². The zero-order chi connectivity index (χ0) is 17.9. The number of hydrogen-bond acceptors (Lipinski definition) is 4. The Morgan fingerprint density at radius 3 is 2.09 bits per heavy atom. The van der Waals surface area contributed by atoms with Crippen molar-refractivity contribution in [2.75, 3.05) is 13.1 Å². The molecular formula is C17H31BNO4. The third-order valence-corrected chi connectivity index (χ3v) is 4.20. The van der Waals surface area contributed by atoms with Gasteiger partial charge in [0.15, 0.2) is 0 Å². The summed E-state index contributed by atoms with van der Waals surface area (Å²) in [5, 5.41) is 10.0. The fraction of sp³-hybridized carbons (Fsp3) is 0.824. The van der Waals surface area contributed by atoms with E-state index in [9.17, 15) is 9.90 Å². The van der Waals surface area contributed by atoms with Crippen LogP contribution in [0.4, 0.5) is 4.79 Å². The van der Waals surface area contributed by atoms with Crippen molar-refractivity contribution < 1.29 is 19.3 Å². The lowest BCUT2D eigenvalue weighted by atomic mass is 9.85. The summed E-state index contributed by atoms with van der Waals surface area (Å²) in [6.45, 7) is 14.1. The van der Waals surface area contributed by atoms with Crippen molar-refractivity contribution >= 4 is 13.6 Å². The molecular weight excluding hydrogens is 293 g/mol. The van der Waals surface area contributed by atoms with E-state index in [1.807, 2.05) is 40.6 Å². The van der Waals surface area contributed by atoms with Gasteiger partial charge in [-0.15, -0.1) is 0 Å². The van der Waals surface area contributed by atoms with Crippen molar-refractivity contribution in [1.82, 2.24) is 4.90 Å². The molecule has 1 amide bonds. The summed E-state index contributed by atoms with van der Waals surface area (Å²) < 4.78 is 11.1. The van der Waals surface area contributed by atoms with Crippen LogP contribution in [-0.4, -0.2) is 53.5 Å². The number of hydrogen-bond donors (Lipinski definition) is 1. The van der Waals surface area contributed by atoms with Crippen molar-refractivity contribution in [3.05, 3.63) is 11.5 Å². The third-order valence-electron chi connectivity index (χ3n) is 4.20. The summed E-state index contributed by atoms with van der Waals surface area (Å²) in [6, 6.07) is 0. The van der Waals surface area contributed by atoms with E-state index < -0.39 is 16.8 Å². The molecule has 0 aromatic carbocycles. The number of aliphatic hydroxyl groups is 1. The second-order valence-corrected chi connectivity index (χ2v) is 8.12. The van der Waals surface area contributed by atoms with Crippen LogP contribution in [0, 0.1) is 0 Å². The Kier molecular flexibility index (Phi) is 6.33. The Hall–Kier alpha value is -1.01. The molecule has 1 radical (unpaired) electrons. The van der Waals surface area contributed by atoms with Gasteiger partial charge >= 0.3 is 13.6 Å². The smallest absolute Gasteiger partial charge is 0.410 e. The number of carbonyl (C=O) groups is 1. The van der Waals surface area contributed by atoms with Crippen molar-refractivity contribution in [2.45, 2.75) is 78.1 Å². The highest BCUT2D eigenvalue weighted by molar-refractivity contribution is 6.34. The largest absolute Gasteiger partial charge is 0.444 e. The van der Waals surface area contributed by atoms with Gasteiger partial charge in [-0.25, -0.2) is 4.79 Å². The number of likely N-dealkylation sites (tertiary alicyclic amines) is 1. The maximum Gasteiger partial charge on any atom is 0.410 e. The number of ether oxygens (including phenoxy) is 1. The summed E-state index contributed by atoms with van der Waals surface area (Å²) >= 11 is 0. The van der Waals surface area contributed by atoms with Crippen LogP contribution >= 0.6 is 0 Å². The molecule has 0 aliphatic carbocycles. The molecule has 131 valence electrons. The molecule has 0 unspecified atom stereocenters. The van der Waals surface area contributed by atoms with Gasteiger partial charge in [0.2, 0.25) is 0 Å².